The van der Waals surface area contributed by atoms with E-state index in [-0.39, 0.29) is 5.91 Å². The van der Waals surface area contributed by atoms with Crippen molar-refractivity contribution in [3.8, 4) is 11.5 Å². The number of benzene rings is 2. The van der Waals surface area contributed by atoms with Crippen LogP contribution < -0.4 is 9.47 Å². The van der Waals surface area contributed by atoms with Crippen LogP contribution in [0.2, 0.25) is 0 Å². The molecule has 0 radical (unpaired) electrons. The van der Waals surface area contributed by atoms with Crippen LogP contribution in [0.25, 0.3) is 0 Å². The predicted octanol–water partition coefficient (Wildman–Crippen LogP) is 3.45. The Labute approximate surface area is 167 Å². The standard InChI is InChI=1S/C23H29NO4/c1-24(14-11-18-9-10-20(26-2)21(17-18)27-3)22(25)23(12-15-28-16-13-23)19-7-5-4-6-8-19/h4-10,17H,11-16H2,1-3H3. The highest BCUT2D eigenvalue weighted by atomic mass is 16.5. The number of carbonyl (C=O) groups is 1. The topological polar surface area (TPSA) is 48.0 Å². The van der Waals surface area contributed by atoms with Crippen molar-refractivity contribution in [2.45, 2.75) is 24.7 Å². The molecule has 0 atom stereocenters. The lowest BCUT2D eigenvalue weighted by atomic mass is 9.73. The number of likely N-dealkylation sites (N-methyl/N-ethyl adjacent to an activating group) is 1. The molecule has 0 aromatic heterocycles. The van der Waals surface area contributed by atoms with E-state index < -0.39 is 5.41 Å². The number of hydrogen-bond donors (Lipinski definition) is 0. The van der Waals surface area contributed by atoms with Crippen molar-refractivity contribution >= 4 is 5.91 Å². The number of carbonyl (C=O) groups excluding carboxylic acids is 1. The number of amides is 1. The molecule has 150 valence electrons. The van der Waals surface area contributed by atoms with Gasteiger partial charge in [-0.1, -0.05) is 36.4 Å². The van der Waals surface area contributed by atoms with Gasteiger partial charge in [0.25, 0.3) is 0 Å². The van der Waals surface area contributed by atoms with Crippen molar-refractivity contribution in [1.29, 1.82) is 0 Å². The van der Waals surface area contributed by atoms with Crippen LogP contribution in [0.1, 0.15) is 24.0 Å². The zero-order valence-corrected chi connectivity index (χ0v) is 16.9. The summed E-state index contributed by atoms with van der Waals surface area (Å²) in [5.41, 5.74) is 1.70. The van der Waals surface area contributed by atoms with E-state index in [0.717, 1.165) is 30.4 Å². The molecule has 0 bridgehead atoms. The summed E-state index contributed by atoms with van der Waals surface area (Å²) in [5.74, 6) is 1.59. The molecule has 1 amide bonds. The number of hydrogen-bond acceptors (Lipinski definition) is 4. The van der Waals surface area contributed by atoms with Gasteiger partial charge < -0.3 is 19.1 Å². The highest BCUT2D eigenvalue weighted by Gasteiger charge is 2.43. The lowest BCUT2D eigenvalue weighted by Gasteiger charge is -2.39. The first-order valence-electron chi connectivity index (χ1n) is 9.70. The van der Waals surface area contributed by atoms with Crippen molar-refractivity contribution in [3.05, 3.63) is 59.7 Å². The van der Waals surface area contributed by atoms with Crippen LogP contribution in [0.4, 0.5) is 0 Å². The Hall–Kier alpha value is -2.53. The third kappa shape index (κ3) is 4.14. The van der Waals surface area contributed by atoms with Crippen molar-refractivity contribution in [2.75, 3.05) is 41.0 Å². The fourth-order valence-electron chi connectivity index (χ4n) is 3.90. The second kappa shape index (κ2) is 9.11. The van der Waals surface area contributed by atoms with Crippen LogP contribution in [0.15, 0.2) is 48.5 Å². The second-order valence-electron chi connectivity index (χ2n) is 7.23. The molecule has 1 aliphatic heterocycles. The summed E-state index contributed by atoms with van der Waals surface area (Å²) >= 11 is 0. The van der Waals surface area contributed by atoms with E-state index in [4.69, 9.17) is 14.2 Å². The molecule has 1 heterocycles. The van der Waals surface area contributed by atoms with Crippen LogP contribution in [0.5, 0.6) is 11.5 Å². The average Bonchev–Trinajstić information content (AvgIpc) is 2.77. The van der Waals surface area contributed by atoms with Gasteiger partial charge >= 0.3 is 0 Å². The van der Waals surface area contributed by atoms with Crippen molar-refractivity contribution in [3.63, 3.8) is 0 Å². The molecule has 2 aromatic carbocycles. The summed E-state index contributed by atoms with van der Waals surface area (Å²) in [4.78, 5) is 15.3. The Morgan fingerprint density at radius 3 is 2.36 bits per heavy atom. The molecule has 0 aliphatic carbocycles. The zero-order valence-electron chi connectivity index (χ0n) is 16.9. The van der Waals surface area contributed by atoms with E-state index in [0.29, 0.717) is 31.3 Å². The molecule has 0 saturated carbocycles. The fourth-order valence-corrected chi connectivity index (χ4v) is 3.90. The van der Waals surface area contributed by atoms with E-state index in [1.807, 2.05) is 48.3 Å². The Bertz CT molecular complexity index is 784. The van der Waals surface area contributed by atoms with Gasteiger partial charge in [0.1, 0.15) is 0 Å². The van der Waals surface area contributed by atoms with Crippen molar-refractivity contribution in [2.24, 2.45) is 0 Å². The van der Waals surface area contributed by atoms with Gasteiger partial charge in [-0.3, -0.25) is 4.79 Å². The Morgan fingerprint density at radius 1 is 1.04 bits per heavy atom. The Balaban J connectivity index is 1.74. The zero-order chi connectivity index (χ0) is 20.0. The lowest BCUT2D eigenvalue weighted by molar-refractivity contribution is -0.140. The van der Waals surface area contributed by atoms with Crippen LogP contribution in [-0.4, -0.2) is 51.8 Å². The van der Waals surface area contributed by atoms with Crippen LogP contribution >= 0.6 is 0 Å². The molecule has 0 spiro atoms. The molecule has 3 rings (SSSR count). The molecular weight excluding hydrogens is 354 g/mol. The van der Waals surface area contributed by atoms with Crippen molar-refractivity contribution in [1.82, 2.24) is 4.90 Å². The summed E-state index contributed by atoms with van der Waals surface area (Å²) < 4.78 is 16.2. The Kier molecular flexibility index (Phi) is 6.57. The van der Waals surface area contributed by atoms with E-state index in [2.05, 4.69) is 12.1 Å². The molecule has 0 unspecified atom stereocenters. The molecule has 2 aromatic rings. The quantitative estimate of drug-likeness (QED) is 0.735. The predicted molar refractivity (Wildman–Crippen MR) is 109 cm³/mol. The highest BCUT2D eigenvalue weighted by Crippen LogP contribution is 2.36. The first-order valence-corrected chi connectivity index (χ1v) is 9.70. The number of methoxy groups -OCH3 is 2. The number of rotatable bonds is 7. The molecular formula is C23H29NO4. The first kappa shape index (κ1) is 20.2. The van der Waals surface area contributed by atoms with Gasteiger partial charge in [-0.15, -0.1) is 0 Å². The van der Waals surface area contributed by atoms with Gasteiger partial charge in [-0.2, -0.15) is 0 Å². The normalized spacial score (nSPS) is 15.7. The summed E-state index contributed by atoms with van der Waals surface area (Å²) in [5, 5.41) is 0. The van der Waals surface area contributed by atoms with E-state index in [9.17, 15) is 4.79 Å². The van der Waals surface area contributed by atoms with Crippen LogP contribution in [0, 0.1) is 0 Å². The molecule has 5 nitrogen and oxygen atoms in total. The summed E-state index contributed by atoms with van der Waals surface area (Å²) in [6.07, 6.45) is 2.19. The lowest BCUT2D eigenvalue weighted by Crippen LogP contribution is -2.49. The third-order valence-electron chi connectivity index (χ3n) is 5.61. The van der Waals surface area contributed by atoms with Crippen LogP contribution in [-0.2, 0) is 21.4 Å². The average molecular weight is 383 g/mol. The molecule has 1 aliphatic rings. The summed E-state index contributed by atoms with van der Waals surface area (Å²) in [6, 6.07) is 16.0. The molecule has 28 heavy (non-hydrogen) atoms. The van der Waals surface area contributed by atoms with Gasteiger partial charge in [0.2, 0.25) is 5.91 Å². The maximum Gasteiger partial charge on any atom is 0.233 e. The minimum absolute atomic E-state index is 0.169. The van der Waals surface area contributed by atoms with E-state index >= 15 is 0 Å². The molecule has 1 saturated heterocycles. The number of nitrogens with zero attached hydrogens (tertiary/aromatic N) is 1. The van der Waals surface area contributed by atoms with E-state index in [1.165, 1.54) is 0 Å². The van der Waals surface area contributed by atoms with Gasteiger partial charge in [0, 0.05) is 26.8 Å². The third-order valence-corrected chi connectivity index (χ3v) is 5.61. The van der Waals surface area contributed by atoms with Gasteiger partial charge in [-0.05, 0) is 42.5 Å². The second-order valence-corrected chi connectivity index (χ2v) is 7.23. The minimum Gasteiger partial charge on any atom is -0.493 e. The Morgan fingerprint density at radius 2 is 1.71 bits per heavy atom. The molecule has 0 N–H and O–H groups in total. The maximum atomic E-state index is 13.5. The summed E-state index contributed by atoms with van der Waals surface area (Å²) in [7, 11) is 5.15. The van der Waals surface area contributed by atoms with Gasteiger partial charge in [0.05, 0.1) is 19.6 Å². The highest BCUT2D eigenvalue weighted by molar-refractivity contribution is 5.88. The largest absolute Gasteiger partial charge is 0.493 e. The minimum atomic E-state index is -0.494. The van der Waals surface area contributed by atoms with Gasteiger partial charge in [0.15, 0.2) is 11.5 Å². The summed E-state index contributed by atoms with van der Waals surface area (Å²) in [6.45, 7) is 1.87. The van der Waals surface area contributed by atoms with Gasteiger partial charge in [-0.25, -0.2) is 0 Å². The molecule has 1 fully saturated rings. The SMILES string of the molecule is COc1ccc(CCN(C)C(=O)C2(c3ccccc3)CCOCC2)cc1OC. The van der Waals surface area contributed by atoms with Crippen LogP contribution in [0.3, 0.4) is 0 Å². The first-order chi connectivity index (χ1) is 13.6. The monoisotopic (exact) mass is 383 g/mol. The van der Waals surface area contributed by atoms with E-state index in [1.54, 1.807) is 14.2 Å². The fraction of sp³-hybridized carbons (Fsp3) is 0.435. The smallest absolute Gasteiger partial charge is 0.233 e. The van der Waals surface area contributed by atoms with Crippen molar-refractivity contribution < 1.29 is 19.0 Å². The number of ether oxygens (including phenoxy) is 3. The maximum absolute atomic E-state index is 13.5. The molecule has 5 heteroatoms.